The van der Waals surface area contributed by atoms with E-state index in [1.54, 1.807) is 6.92 Å². The minimum absolute atomic E-state index is 0.0157. The number of rotatable bonds is 7. The van der Waals surface area contributed by atoms with Gasteiger partial charge in [0.05, 0.1) is 0 Å². The molecule has 1 unspecified atom stereocenters. The predicted molar refractivity (Wildman–Crippen MR) is 57.2 cm³/mol. The van der Waals surface area contributed by atoms with Crippen molar-refractivity contribution in [2.45, 2.75) is 19.8 Å². The van der Waals surface area contributed by atoms with Crippen molar-refractivity contribution in [1.29, 1.82) is 5.41 Å². The van der Waals surface area contributed by atoms with Crippen molar-refractivity contribution in [2.75, 3.05) is 20.1 Å². The van der Waals surface area contributed by atoms with Crippen molar-refractivity contribution >= 4 is 11.7 Å². The van der Waals surface area contributed by atoms with Gasteiger partial charge in [0.15, 0.2) is 5.96 Å². The zero-order valence-corrected chi connectivity index (χ0v) is 8.89. The topological polar surface area (TPSA) is 91.0 Å². The van der Waals surface area contributed by atoms with Gasteiger partial charge in [-0.2, -0.15) is 0 Å². The maximum Gasteiger partial charge on any atom is 0.185 e. The Morgan fingerprint density at radius 3 is 2.64 bits per heavy atom. The van der Waals surface area contributed by atoms with Gasteiger partial charge in [0.25, 0.3) is 0 Å². The fourth-order valence-electron chi connectivity index (χ4n) is 1.27. The van der Waals surface area contributed by atoms with Gasteiger partial charge >= 0.3 is 0 Å². The molecule has 0 aliphatic rings. The van der Waals surface area contributed by atoms with Gasteiger partial charge in [0, 0.05) is 19.0 Å². The highest BCUT2D eigenvalue weighted by Gasteiger charge is 2.11. The largest absolute Gasteiger partial charge is 0.370 e. The van der Waals surface area contributed by atoms with Crippen LogP contribution in [0.2, 0.25) is 0 Å². The van der Waals surface area contributed by atoms with Crippen molar-refractivity contribution in [2.24, 2.45) is 11.7 Å². The van der Waals surface area contributed by atoms with Crippen LogP contribution in [-0.2, 0) is 4.79 Å². The maximum absolute atomic E-state index is 11.1. The summed E-state index contributed by atoms with van der Waals surface area (Å²) in [7, 11) is 1.84. The first kappa shape index (κ1) is 12.9. The summed E-state index contributed by atoms with van der Waals surface area (Å²) in [6.07, 6.45) is 1.68. The van der Waals surface area contributed by atoms with E-state index in [9.17, 15) is 4.79 Å². The number of Topliss-reactive ketones (excluding diaryl/α,β-unsaturated/α-hetero) is 1. The molecule has 82 valence electrons. The molecule has 0 bridgehead atoms. The van der Waals surface area contributed by atoms with Crippen LogP contribution in [0.1, 0.15) is 19.8 Å². The lowest BCUT2D eigenvalue weighted by molar-refractivity contribution is -0.120. The molecule has 0 spiro atoms. The van der Waals surface area contributed by atoms with Crippen molar-refractivity contribution in [3.63, 3.8) is 0 Å². The number of ketones is 1. The fraction of sp³-hybridized carbons (Fsp3) is 0.778. The first-order chi connectivity index (χ1) is 6.57. The lowest BCUT2D eigenvalue weighted by Crippen LogP contribution is -2.32. The van der Waals surface area contributed by atoms with Crippen LogP contribution in [0.15, 0.2) is 0 Å². The maximum atomic E-state index is 11.1. The Morgan fingerprint density at radius 2 is 2.21 bits per heavy atom. The third-order valence-electron chi connectivity index (χ3n) is 2.07. The minimum Gasteiger partial charge on any atom is -0.370 e. The van der Waals surface area contributed by atoms with Gasteiger partial charge in [0.1, 0.15) is 5.78 Å². The molecule has 0 saturated carbocycles. The molecule has 0 radical (unpaired) electrons. The predicted octanol–water partition coefficient (Wildman–Crippen LogP) is -0.326. The van der Waals surface area contributed by atoms with E-state index < -0.39 is 0 Å². The van der Waals surface area contributed by atoms with Crippen LogP contribution < -0.4 is 16.4 Å². The summed E-state index contributed by atoms with van der Waals surface area (Å²) in [6.45, 7) is 2.98. The van der Waals surface area contributed by atoms with Crippen LogP contribution in [0.3, 0.4) is 0 Å². The number of carbonyl (C=O) groups excluding carboxylic acids is 1. The molecule has 0 saturated heterocycles. The van der Waals surface area contributed by atoms with Crippen LogP contribution >= 0.6 is 0 Å². The van der Waals surface area contributed by atoms with Crippen LogP contribution in [0.5, 0.6) is 0 Å². The molecular formula is C9H20N4O. The Balaban J connectivity index is 3.61. The van der Waals surface area contributed by atoms with E-state index in [0.717, 1.165) is 19.4 Å². The van der Waals surface area contributed by atoms with E-state index >= 15 is 0 Å². The Labute approximate surface area is 84.9 Å². The lowest BCUT2D eigenvalue weighted by Gasteiger charge is -2.12. The molecule has 0 heterocycles. The average molecular weight is 200 g/mol. The van der Waals surface area contributed by atoms with Gasteiger partial charge in [-0.3, -0.25) is 10.2 Å². The Bertz CT molecular complexity index is 193. The second kappa shape index (κ2) is 7.32. The molecule has 0 aliphatic heterocycles. The third kappa shape index (κ3) is 6.42. The van der Waals surface area contributed by atoms with E-state index in [1.807, 2.05) is 7.05 Å². The van der Waals surface area contributed by atoms with Gasteiger partial charge in [-0.1, -0.05) is 0 Å². The van der Waals surface area contributed by atoms with Crippen LogP contribution in [0, 0.1) is 11.3 Å². The number of carbonyl (C=O) groups is 1. The molecule has 0 aliphatic carbocycles. The summed E-state index contributed by atoms with van der Waals surface area (Å²) in [5, 5.41) is 12.6. The molecule has 1 atom stereocenters. The second-order valence-electron chi connectivity index (χ2n) is 3.35. The monoisotopic (exact) mass is 200 g/mol. The van der Waals surface area contributed by atoms with Gasteiger partial charge in [-0.25, -0.2) is 0 Å². The van der Waals surface area contributed by atoms with Gasteiger partial charge < -0.3 is 16.4 Å². The summed E-state index contributed by atoms with van der Waals surface area (Å²) in [5.41, 5.74) is 5.12. The van der Waals surface area contributed by atoms with Gasteiger partial charge in [0.2, 0.25) is 0 Å². The zero-order valence-electron chi connectivity index (χ0n) is 8.89. The van der Waals surface area contributed by atoms with E-state index in [-0.39, 0.29) is 17.7 Å². The molecule has 5 nitrogen and oxygen atoms in total. The zero-order chi connectivity index (χ0) is 11.0. The highest BCUT2D eigenvalue weighted by atomic mass is 16.1. The third-order valence-corrected chi connectivity index (χ3v) is 2.07. The Hall–Kier alpha value is -1.10. The molecule has 0 amide bonds. The number of hydrogen-bond acceptors (Lipinski definition) is 3. The average Bonchev–Trinajstić information content (AvgIpc) is 2.09. The van der Waals surface area contributed by atoms with Gasteiger partial charge in [-0.05, 0) is 26.8 Å². The molecule has 5 N–H and O–H groups in total. The fourth-order valence-corrected chi connectivity index (χ4v) is 1.27. The molecule has 14 heavy (non-hydrogen) atoms. The number of hydrogen-bond donors (Lipinski definition) is 4. The quantitative estimate of drug-likeness (QED) is 0.257. The highest BCUT2D eigenvalue weighted by molar-refractivity contribution is 5.78. The van der Waals surface area contributed by atoms with E-state index in [1.165, 1.54) is 0 Å². The number of guanidine groups is 1. The molecule has 0 aromatic heterocycles. The van der Waals surface area contributed by atoms with Crippen molar-refractivity contribution in [1.82, 2.24) is 10.6 Å². The van der Waals surface area contributed by atoms with E-state index in [4.69, 9.17) is 11.1 Å². The second-order valence-corrected chi connectivity index (χ2v) is 3.35. The first-order valence-electron chi connectivity index (χ1n) is 4.81. The smallest absolute Gasteiger partial charge is 0.185 e. The van der Waals surface area contributed by atoms with Gasteiger partial charge in [-0.15, -0.1) is 0 Å². The van der Waals surface area contributed by atoms with Crippen molar-refractivity contribution < 1.29 is 4.79 Å². The van der Waals surface area contributed by atoms with Crippen LogP contribution in [0.4, 0.5) is 0 Å². The minimum atomic E-state index is -0.0157. The van der Waals surface area contributed by atoms with Crippen molar-refractivity contribution in [3.8, 4) is 0 Å². The number of nitrogens with two attached hydrogens (primary N) is 1. The summed E-state index contributed by atoms with van der Waals surface area (Å²) < 4.78 is 0. The highest BCUT2D eigenvalue weighted by Crippen LogP contribution is 2.05. The van der Waals surface area contributed by atoms with Crippen LogP contribution in [0.25, 0.3) is 0 Å². The molecule has 0 fully saturated rings. The SMILES string of the molecule is CNCC(CCCNC(=N)N)C(C)=O. The molecule has 0 aromatic carbocycles. The van der Waals surface area contributed by atoms with Crippen molar-refractivity contribution in [3.05, 3.63) is 0 Å². The standard InChI is InChI=1S/C9H20N4O/c1-7(14)8(6-12-2)4-3-5-13-9(10)11/h8,12H,3-6H2,1-2H3,(H4,10,11,13). The summed E-state index contributed by atoms with van der Waals surface area (Å²) in [5.74, 6) is 0.272. The summed E-state index contributed by atoms with van der Waals surface area (Å²) >= 11 is 0. The van der Waals surface area contributed by atoms with E-state index in [2.05, 4.69) is 10.6 Å². The molecule has 0 rings (SSSR count). The molecule has 5 heteroatoms. The van der Waals surface area contributed by atoms with E-state index in [0.29, 0.717) is 6.54 Å². The Morgan fingerprint density at radius 1 is 1.57 bits per heavy atom. The normalized spacial score (nSPS) is 12.1. The molecular weight excluding hydrogens is 180 g/mol. The Kier molecular flexibility index (Phi) is 6.74. The summed E-state index contributed by atoms with van der Waals surface area (Å²) in [6, 6.07) is 0. The first-order valence-corrected chi connectivity index (χ1v) is 4.81. The summed E-state index contributed by atoms with van der Waals surface area (Å²) in [4.78, 5) is 11.1. The van der Waals surface area contributed by atoms with Crippen LogP contribution in [-0.4, -0.2) is 31.9 Å². The number of nitrogens with one attached hydrogen (secondary N) is 3. The molecule has 0 aromatic rings. The lowest BCUT2D eigenvalue weighted by atomic mass is 9.99.